The molecule has 0 amide bonds. The summed E-state index contributed by atoms with van der Waals surface area (Å²) in [5.41, 5.74) is 0. The molecule has 4 nitrogen and oxygen atoms in total. The minimum atomic E-state index is -5.17. The van der Waals surface area contributed by atoms with Gasteiger partial charge in [-0.3, -0.25) is 8.42 Å². The van der Waals surface area contributed by atoms with E-state index < -0.39 is 10.4 Å². The third-order valence-corrected chi connectivity index (χ3v) is 0. The predicted octanol–water partition coefficient (Wildman–Crippen LogP) is -1.09. The molecule has 0 aromatic heterocycles. The molecule has 0 aliphatic rings. The van der Waals surface area contributed by atoms with Gasteiger partial charge in [0.2, 0.25) is 0 Å². The van der Waals surface area contributed by atoms with Crippen LogP contribution in [0.1, 0.15) is 1.43 Å². The van der Waals surface area contributed by atoms with E-state index in [0.717, 1.165) is 0 Å². The zero-order valence-corrected chi connectivity index (χ0v) is 4.10. The fourth-order valence-electron chi connectivity index (χ4n) is 0. The SMILES string of the molecule is O=S(=O)([O-])[O-].[Cu+2].[HH]. The summed E-state index contributed by atoms with van der Waals surface area (Å²) in [5.74, 6) is 0. The van der Waals surface area contributed by atoms with Crippen LogP contribution in [0.15, 0.2) is 0 Å². The Morgan fingerprint density at radius 2 is 1.33 bits per heavy atom. The molecule has 0 saturated carbocycles. The quantitative estimate of drug-likeness (QED) is 0.257. The van der Waals surface area contributed by atoms with Crippen LogP contribution < -0.4 is 0 Å². The summed E-state index contributed by atoms with van der Waals surface area (Å²) in [4.78, 5) is 0. The van der Waals surface area contributed by atoms with Crippen molar-refractivity contribution in [2.24, 2.45) is 0 Å². The van der Waals surface area contributed by atoms with Gasteiger partial charge in [-0.15, -0.1) is 0 Å². The van der Waals surface area contributed by atoms with Crippen molar-refractivity contribution in [2.75, 3.05) is 0 Å². The van der Waals surface area contributed by atoms with Crippen LogP contribution in [-0.4, -0.2) is 17.5 Å². The molecule has 0 rings (SSSR count). The monoisotopic (exact) mass is 161 g/mol. The average Bonchev–Trinajstić information content (AvgIpc) is 0.722. The van der Waals surface area contributed by atoms with Crippen molar-refractivity contribution in [1.29, 1.82) is 0 Å². The molecule has 0 heterocycles. The van der Waals surface area contributed by atoms with Gasteiger partial charge in [-0.2, -0.15) is 0 Å². The summed E-state index contributed by atoms with van der Waals surface area (Å²) >= 11 is 0. The van der Waals surface area contributed by atoms with Crippen LogP contribution in [0.5, 0.6) is 0 Å². The van der Waals surface area contributed by atoms with E-state index in [1.807, 2.05) is 0 Å². The Morgan fingerprint density at radius 3 is 1.33 bits per heavy atom. The summed E-state index contributed by atoms with van der Waals surface area (Å²) in [6.07, 6.45) is 0. The third kappa shape index (κ3) is 332. The van der Waals surface area contributed by atoms with Gasteiger partial charge >= 0.3 is 17.1 Å². The topological polar surface area (TPSA) is 80.3 Å². The Balaban J connectivity index is -0.0000000800. The van der Waals surface area contributed by atoms with Crippen molar-refractivity contribution >= 4 is 10.4 Å². The van der Waals surface area contributed by atoms with Crippen LogP contribution in [0.25, 0.3) is 0 Å². The Hall–Kier alpha value is 0.389. The van der Waals surface area contributed by atoms with Crippen LogP contribution in [0.3, 0.4) is 0 Å². The minimum absolute atomic E-state index is 0. The molecule has 0 aromatic rings. The van der Waals surface area contributed by atoms with Crippen molar-refractivity contribution < 1.29 is 36.0 Å². The number of hydrogen-bond acceptors (Lipinski definition) is 4. The predicted molar refractivity (Wildman–Crippen MR) is 12.6 cm³/mol. The van der Waals surface area contributed by atoms with Crippen molar-refractivity contribution in [3.63, 3.8) is 0 Å². The molecule has 0 saturated heterocycles. The smallest absolute Gasteiger partial charge is 0.759 e. The van der Waals surface area contributed by atoms with E-state index >= 15 is 0 Å². The maximum atomic E-state index is 8.52. The van der Waals surface area contributed by atoms with E-state index in [1.54, 1.807) is 0 Å². The molecular weight excluding hydrogens is 160 g/mol. The Bertz CT molecular complexity index is 94.9. The molecule has 43 valence electrons. The molecule has 0 aliphatic carbocycles. The molecule has 0 bridgehead atoms. The fourth-order valence-corrected chi connectivity index (χ4v) is 0. The zero-order chi connectivity index (χ0) is 4.50. The Labute approximate surface area is 47.1 Å². The van der Waals surface area contributed by atoms with Gasteiger partial charge in [0.1, 0.15) is 0 Å². The van der Waals surface area contributed by atoms with Gasteiger partial charge in [-0.25, -0.2) is 0 Å². The molecule has 6 heteroatoms. The Kier molecular flexibility index (Phi) is 4.08. The third-order valence-electron chi connectivity index (χ3n) is 0. The first-order chi connectivity index (χ1) is 2.00. The molecule has 0 N–H and O–H groups in total. The van der Waals surface area contributed by atoms with Gasteiger partial charge in [0.15, 0.2) is 0 Å². The van der Waals surface area contributed by atoms with Gasteiger partial charge in [0.25, 0.3) is 0 Å². The van der Waals surface area contributed by atoms with Gasteiger partial charge in [0, 0.05) is 11.8 Å². The molecular formula is H2CuO4S. The summed E-state index contributed by atoms with van der Waals surface area (Å²) in [6.45, 7) is 0. The second kappa shape index (κ2) is 2.54. The van der Waals surface area contributed by atoms with E-state index in [-0.39, 0.29) is 18.5 Å². The van der Waals surface area contributed by atoms with Crippen molar-refractivity contribution in [3.8, 4) is 0 Å². The van der Waals surface area contributed by atoms with Crippen molar-refractivity contribution in [3.05, 3.63) is 0 Å². The van der Waals surface area contributed by atoms with Gasteiger partial charge in [-0.1, -0.05) is 0 Å². The average molecular weight is 162 g/mol. The molecule has 0 atom stereocenters. The van der Waals surface area contributed by atoms with Crippen LogP contribution in [0.4, 0.5) is 0 Å². The van der Waals surface area contributed by atoms with Crippen LogP contribution in [-0.2, 0) is 27.5 Å². The second-order valence-electron chi connectivity index (χ2n) is 0.408. The van der Waals surface area contributed by atoms with Gasteiger partial charge in [0.05, 0.1) is 0 Å². The Morgan fingerprint density at radius 1 is 1.33 bits per heavy atom. The summed E-state index contributed by atoms with van der Waals surface area (Å²) in [6, 6.07) is 0. The van der Waals surface area contributed by atoms with E-state index in [4.69, 9.17) is 17.5 Å². The van der Waals surface area contributed by atoms with Crippen molar-refractivity contribution in [2.45, 2.75) is 0 Å². The van der Waals surface area contributed by atoms with E-state index in [9.17, 15) is 0 Å². The largest absolute Gasteiger partial charge is 2.00 e. The second-order valence-corrected chi connectivity index (χ2v) is 1.22. The molecule has 0 spiro atoms. The zero-order valence-electron chi connectivity index (χ0n) is 2.34. The molecule has 0 aliphatic heterocycles. The normalized spacial score (nSPS) is 9.67. The van der Waals surface area contributed by atoms with Crippen LogP contribution in [0.2, 0.25) is 0 Å². The standard InChI is InChI=1S/Cu.H2O4S.H2/c;1-5(2,3)4;/h;(H2,1,2,3,4);1H/q+2;;/p-2. The molecule has 1 radical (unpaired) electrons. The van der Waals surface area contributed by atoms with Gasteiger partial charge in [-0.05, 0) is 0 Å². The molecule has 0 unspecified atom stereocenters. The van der Waals surface area contributed by atoms with E-state index in [2.05, 4.69) is 0 Å². The first-order valence-corrected chi connectivity index (χ1v) is 2.00. The summed E-state index contributed by atoms with van der Waals surface area (Å²) < 4.78 is 34.1. The van der Waals surface area contributed by atoms with Crippen LogP contribution >= 0.6 is 0 Å². The van der Waals surface area contributed by atoms with E-state index in [1.165, 1.54) is 0 Å². The molecule has 0 fully saturated rings. The minimum Gasteiger partial charge on any atom is -0.759 e. The van der Waals surface area contributed by atoms with Crippen molar-refractivity contribution in [1.82, 2.24) is 0 Å². The summed E-state index contributed by atoms with van der Waals surface area (Å²) in [5, 5.41) is 0. The number of rotatable bonds is 0. The maximum absolute atomic E-state index is 8.52. The maximum Gasteiger partial charge on any atom is 2.00 e. The van der Waals surface area contributed by atoms with Gasteiger partial charge < -0.3 is 9.11 Å². The summed E-state index contributed by atoms with van der Waals surface area (Å²) in [7, 11) is -5.17. The molecule has 0 aromatic carbocycles. The fraction of sp³-hybridized carbons (Fsp3) is 0. The first-order valence-electron chi connectivity index (χ1n) is 0.667. The first kappa shape index (κ1) is 9.63. The number of hydrogen-bond donors (Lipinski definition) is 0. The molecule has 6 heavy (non-hydrogen) atoms. The van der Waals surface area contributed by atoms with Crippen LogP contribution in [0, 0.1) is 0 Å². The van der Waals surface area contributed by atoms with E-state index in [0.29, 0.717) is 0 Å².